The normalized spacial score (nSPS) is 18.7. The number of nitrogens with zero attached hydrogens (tertiary/aromatic N) is 3. The smallest absolute Gasteiger partial charge is 0.216 e. The van der Waals surface area contributed by atoms with E-state index in [1.165, 1.54) is 25.8 Å². The number of aliphatic imine (C=N–C) groups is 1. The van der Waals surface area contributed by atoms with Crippen molar-refractivity contribution in [1.29, 1.82) is 0 Å². The molecule has 2 heterocycles. The van der Waals surface area contributed by atoms with Crippen LogP contribution >= 0.6 is 24.0 Å². The van der Waals surface area contributed by atoms with E-state index in [9.17, 15) is 0 Å². The number of likely N-dealkylation sites (tertiary alicyclic amines) is 1. The molecule has 1 saturated heterocycles. The van der Waals surface area contributed by atoms with E-state index < -0.39 is 0 Å². The summed E-state index contributed by atoms with van der Waals surface area (Å²) in [5, 5.41) is 6.69. The highest BCUT2D eigenvalue weighted by molar-refractivity contribution is 14.0. The summed E-state index contributed by atoms with van der Waals surface area (Å²) in [5.74, 6) is 2.37. The Morgan fingerprint density at radius 3 is 2.76 bits per heavy atom. The average Bonchev–Trinajstić information content (AvgIpc) is 2.89. The molecule has 2 rings (SSSR count). The third kappa shape index (κ3) is 7.52. The molecule has 0 saturated carbocycles. The molecule has 1 aromatic rings. The van der Waals surface area contributed by atoms with Gasteiger partial charge >= 0.3 is 0 Å². The fourth-order valence-electron chi connectivity index (χ4n) is 3.07. The monoisotopic (exact) mass is 463 g/mol. The van der Waals surface area contributed by atoms with Gasteiger partial charge in [0.15, 0.2) is 5.96 Å². The summed E-state index contributed by atoms with van der Waals surface area (Å²) in [7, 11) is 0. The number of hydrogen-bond acceptors (Lipinski definition) is 4. The Morgan fingerprint density at radius 1 is 1.32 bits per heavy atom. The summed E-state index contributed by atoms with van der Waals surface area (Å²) >= 11 is 0. The van der Waals surface area contributed by atoms with Crippen LogP contribution in [0.15, 0.2) is 9.41 Å². The SMILES string of the molecule is CCNC(=NCc1nc(C)c(C)o1)NCCCN1CCCCC1C.I. The number of rotatable bonds is 7. The lowest BCUT2D eigenvalue weighted by Crippen LogP contribution is -2.41. The molecule has 0 radical (unpaired) electrons. The van der Waals surface area contributed by atoms with Gasteiger partial charge in [0, 0.05) is 25.7 Å². The van der Waals surface area contributed by atoms with Crippen molar-refractivity contribution in [2.75, 3.05) is 26.2 Å². The van der Waals surface area contributed by atoms with Crippen LogP contribution in [0.3, 0.4) is 0 Å². The largest absolute Gasteiger partial charge is 0.444 e. The Bertz CT molecular complexity index is 512. The maximum atomic E-state index is 5.58. The molecule has 0 amide bonds. The lowest BCUT2D eigenvalue weighted by atomic mass is 10.0. The zero-order chi connectivity index (χ0) is 17.4. The first-order chi connectivity index (χ1) is 11.6. The van der Waals surface area contributed by atoms with Crippen molar-refractivity contribution in [1.82, 2.24) is 20.5 Å². The zero-order valence-corrected chi connectivity index (χ0v) is 18.4. The predicted molar refractivity (Wildman–Crippen MR) is 114 cm³/mol. The van der Waals surface area contributed by atoms with Gasteiger partial charge in [0.1, 0.15) is 12.3 Å². The minimum atomic E-state index is 0. The summed E-state index contributed by atoms with van der Waals surface area (Å²) in [6.07, 6.45) is 5.20. The summed E-state index contributed by atoms with van der Waals surface area (Å²) < 4.78 is 5.58. The van der Waals surface area contributed by atoms with Crippen molar-refractivity contribution < 1.29 is 4.42 Å². The van der Waals surface area contributed by atoms with Crippen LogP contribution in [0.1, 0.15) is 56.9 Å². The van der Waals surface area contributed by atoms with Gasteiger partial charge in [0.05, 0.1) is 5.69 Å². The van der Waals surface area contributed by atoms with E-state index in [4.69, 9.17) is 4.42 Å². The summed E-state index contributed by atoms with van der Waals surface area (Å²) in [6, 6.07) is 0.733. The van der Waals surface area contributed by atoms with E-state index in [2.05, 4.69) is 39.4 Å². The fraction of sp³-hybridized carbons (Fsp3) is 0.778. The Hall–Kier alpha value is -0.830. The Kier molecular flexibility index (Phi) is 10.4. The topological polar surface area (TPSA) is 65.7 Å². The lowest BCUT2D eigenvalue weighted by Gasteiger charge is -2.33. The van der Waals surface area contributed by atoms with Gasteiger partial charge in [-0.05, 0) is 53.5 Å². The van der Waals surface area contributed by atoms with E-state index in [0.717, 1.165) is 49.5 Å². The standard InChI is InChI=1S/C18H33N5O.HI/c1-5-19-18(21-13-17-22-15(3)16(4)24-17)20-10-8-12-23-11-7-6-9-14(23)2;/h14H,5-13H2,1-4H3,(H2,19,20,21);1H. The number of nitrogens with one attached hydrogen (secondary N) is 2. The van der Waals surface area contributed by atoms with Crippen molar-refractivity contribution >= 4 is 29.9 Å². The van der Waals surface area contributed by atoms with Crippen molar-refractivity contribution in [3.8, 4) is 0 Å². The number of oxazole rings is 1. The van der Waals surface area contributed by atoms with Crippen LogP contribution in [0.25, 0.3) is 0 Å². The molecule has 0 aromatic carbocycles. The first-order valence-electron chi connectivity index (χ1n) is 9.29. The second-order valence-electron chi connectivity index (χ2n) is 6.61. The second-order valence-corrected chi connectivity index (χ2v) is 6.61. The van der Waals surface area contributed by atoms with Crippen LogP contribution in [0.2, 0.25) is 0 Å². The summed E-state index contributed by atoms with van der Waals surface area (Å²) in [5.41, 5.74) is 0.939. The molecule has 6 nitrogen and oxygen atoms in total. The molecule has 7 heteroatoms. The highest BCUT2D eigenvalue weighted by Crippen LogP contribution is 2.16. The Labute approximate surface area is 169 Å². The number of piperidine rings is 1. The van der Waals surface area contributed by atoms with Gasteiger partial charge < -0.3 is 20.0 Å². The molecule has 1 unspecified atom stereocenters. The Balaban J connectivity index is 0.00000312. The average molecular weight is 463 g/mol. The number of aryl methyl sites for hydroxylation is 2. The van der Waals surface area contributed by atoms with Gasteiger partial charge in [0.2, 0.25) is 5.89 Å². The van der Waals surface area contributed by atoms with Gasteiger partial charge in [-0.3, -0.25) is 0 Å². The van der Waals surface area contributed by atoms with E-state index in [0.29, 0.717) is 12.4 Å². The van der Waals surface area contributed by atoms with Crippen molar-refractivity contribution in [3.63, 3.8) is 0 Å². The fourth-order valence-corrected chi connectivity index (χ4v) is 3.07. The highest BCUT2D eigenvalue weighted by atomic mass is 127. The molecule has 0 bridgehead atoms. The third-order valence-corrected chi connectivity index (χ3v) is 4.64. The molecule has 1 atom stereocenters. The van der Waals surface area contributed by atoms with E-state index in [1.807, 2.05) is 13.8 Å². The van der Waals surface area contributed by atoms with E-state index in [1.54, 1.807) is 0 Å². The molecule has 0 spiro atoms. The minimum absolute atomic E-state index is 0. The molecule has 144 valence electrons. The summed E-state index contributed by atoms with van der Waals surface area (Å²) in [4.78, 5) is 11.5. The van der Waals surface area contributed by atoms with Crippen LogP contribution in [-0.2, 0) is 6.54 Å². The molecule has 25 heavy (non-hydrogen) atoms. The van der Waals surface area contributed by atoms with E-state index >= 15 is 0 Å². The number of hydrogen-bond donors (Lipinski definition) is 2. The number of guanidine groups is 1. The van der Waals surface area contributed by atoms with Crippen LogP contribution in [-0.4, -0.2) is 48.1 Å². The van der Waals surface area contributed by atoms with Crippen LogP contribution in [0.4, 0.5) is 0 Å². The van der Waals surface area contributed by atoms with Crippen LogP contribution in [0.5, 0.6) is 0 Å². The number of halogens is 1. The number of aromatic nitrogens is 1. The minimum Gasteiger partial charge on any atom is -0.444 e. The van der Waals surface area contributed by atoms with Crippen molar-refractivity contribution in [3.05, 3.63) is 17.3 Å². The van der Waals surface area contributed by atoms with Gasteiger partial charge in [-0.25, -0.2) is 9.98 Å². The highest BCUT2D eigenvalue weighted by Gasteiger charge is 2.17. The van der Waals surface area contributed by atoms with Crippen LogP contribution < -0.4 is 10.6 Å². The van der Waals surface area contributed by atoms with Crippen molar-refractivity contribution in [2.24, 2.45) is 4.99 Å². The maximum Gasteiger partial charge on any atom is 0.216 e. The molecule has 1 fully saturated rings. The van der Waals surface area contributed by atoms with Crippen LogP contribution in [0, 0.1) is 13.8 Å². The maximum absolute atomic E-state index is 5.58. The first kappa shape index (κ1) is 22.2. The molecular formula is C18H34IN5O. The van der Waals surface area contributed by atoms with Gasteiger partial charge in [-0.2, -0.15) is 0 Å². The molecule has 1 aliphatic heterocycles. The van der Waals surface area contributed by atoms with Crippen molar-refractivity contribution in [2.45, 2.75) is 66.0 Å². The lowest BCUT2D eigenvalue weighted by molar-refractivity contribution is 0.159. The molecule has 1 aromatic heterocycles. The quantitative estimate of drug-likeness (QED) is 0.281. The van der Waals surface area contributed by atoms with Gasteiger partial charge in [0.25, 0.3) is 0 Å². The Morgan fingerprint density at radius 2 is 2.12 bits per heavy atom. The van der Waals surface area contributed by atoms with E-state index in [-0.39, 0.29) is 24.0 Å². The molecular weight excluding hydrogens is 429 g/mol. The second kappa shape index (κ2) is 11.7. The first-order valence-corrected chi connectivity index (χ1v) is 9.29. The molecule has 2 N–H and O–H groups in total. The zero-order valence-electron chi connectivity index (χ0n) is 16.1. The van der Waals surface area contributed by atoms with Gasteiger partial charge in [-0.1, -0.05) is 6.42 Å². The summed E-state index contributed by atoms with van der Waals surface area (Å²) in [6.45, 7) is 13.0. The van der Waals surface area contributed by atoms with Gasteiger partial charge in [-0.15, -0.1) is 24.0 Å². The molecule has 0 aliphatic carbocycles. The molecule has 1 aliphatic rings. The predicted octanol–water partition coefficient (Wildman–Crippen LogP) is 3.23. The third-order valence-electron chi connectivity index (χ3n) is 4.64.